The van der Waals surface area contributed by atoms with Gasteiger partial charge in [0.05, 0.1) is 0 Å². The van der Waals surface area contributed by atoms with Crippen LogP contribution in [0, 0.1) is 0 Å². The first kappa shape index (κ1) is 13.2. The van der Waals surface area contributed by atoms with E-state index in [9.17, 15) is 14.7 Å². The highest BCUT2D eigenvalue weighted by molar-refractivity contribution is 5.86. The van der Waals surface area contributed by atoms with Crippen molar-refractivity contribution in [2.45, 2.75) is 62.9 Å². The Morgan fingerprint density at radius 3 is 2.22 bits per heavy atom. The number of urea groups is 1. The lowest BCUT2D eigenvalue weighted by molar-refractivity contribution is -0.144. The molecule has 0 heterocycles. The lowest BCUT2D eigenvalue weighted by Crippen LogP contribution is -2.57. The number of nitrogens with one attached hydrogen (secondary N) is 1. The molecule has 2 N–H and O–H groups in total. The Hall–Kier alpha value is -1.26. The molecule has 18 heavy (non-hydrogen) atoms. The second-order valence-electron chi connectivity index (χ2n) is 5.57. The van der Waals surface area contributed by atoms with Crippen molar-refractivity contribution in [3.05, 3.63) is 0 Å². The zero-order chi connectivity index (χ0) is 13.2. The molecule has 0 aromatic heterocycles. The number of nitrogens with zero attached hydrogens (tertiary/aromatic N) is 1. The molecule has 5 heteroatoms. The van der Waals surface area contributed by atoms with E-state index in [1.54, 1.807) is 11.9 Å². The number of hydrogen-bond donors (Lipinski definition) is 2. The zero-order valence-corrected chi connectivity index (χ0v) is 10.9. The van der Waals surface area contributed by atoms with Crippen LogP contribution >= 0.6 is 0 Å². The van der Waals surface area contributed by atoms with Gasteiger partial charge in [0.2, 0.25) is 0 Å². The van der Waals surface area contributed by atoms with E-state index in [2.05, 4.69) is 5.32 Å². The summed E-state index contributed by atoms with van der Waals surface area (Å²) in [6.07, 6.45) is 7.23. The van der Waals surface area contributed by atoms with Crippen molar-refractivity contribution in [2.24, 2.45) is 0 Å². The Morgan fingerprint density at radius 2 is 1.72 bits per heavy atom. The van der Waals surface area contributed by atoms with Gasteiger partial charge in [-0.25, -0.2) is 9.59 Å². The molecule has 0 saturated heterocycles. The van der Waals surface area contributed by atoms with E-state index in [0.29, 0.717) is 12.8 Å². The molecule has 0 spiro atoms. The minimum absolute atomic E-state index is 0.230. The molecule has 0 aromatic carbocycles. The molecular formula is C13H22N2O3. The summed E-state index contributed by atoms with van der Waals surface area (Å²) in [5.41, 5.74) is -1.02. The van der Waals surface area contributed by atoms with Gasteiger partial charge in [0.15, 0.2) is 0 Å². The zero-order valence-electron chi connectivity index (χ0n) is 10.9. The molecule has 102 valence electrons. The van der Waals surface area contributed by atoms with Crippen LogP contribution in [0.5, 0.6) is 0 Å². The summed E-state index contributed by atoms with van der Waals surface area (Å²) in [7, 11) is 1.77. The van der Waals surface area contributed by atoms with Crippen LogP contribution in [0.4, 0.5) is 4.79 Å². The third-order valence-electron chi connectivity index (χ3n) is 4.41. The number of aliphatic carboxylic acids is 1. The summed E-state index contributed by atoms with van der Waals surface area (Å²) in [4.78, 5) is 25.2. The predicted octanol–water partition coefficient (Wildman–Crippen LogP) is 1.97. The monoisotopic (exact) mass is 254 g/mol. The van der Waals surface area contributed by atoms with E-state index in [1.165, 1.54) is 0 Å². The van der Waals surface area contributed by atoms with Gasteiger partial charge in [0.25, 0.3) is 0 Å². The van der Waals surface area contributed by atoms with E-state index in [4.69, 9.17) is 0 Å². The molecule has 5 nitrogen and oxygen atoms in total. The number of carbonyl (C=O) groups excluding carboxylic acids is 1. The van der Waals surface area contributed by atoms with Gasteiger partial charge in [-0.1, -0.05) is 25.7 Å². The van der Waals surface area contributed by atoms with Crippen LogP contribution in [0.25, 0.3) is 0 Å². The van der Waals surface area contributed by atoms with Crippen LogP contribution in [0.15, 0.2) is 0 Å². The normalized spacial score (nSPS) is 22.9. The highest BCUT2D eigenvalue weighted by Crippen LogP contribution is 2.30. The fourth-order valence-corrected chi connectivity index (χ4v) is 3.12. The summed E-state index contributed by atoms with van der Waals surface area (Å²) >= 11 is 0. The topological polar surface area (TPSA) is 69.6 Å². The van der Waals surface area contributed by atoms with Gasteiger partial charge in [-0.3, -0.25) is 0 Å². The van der Waals surface area contributed by atoms with E-state index in [1.807, 2.05) is 0 Å². The van der Waals surface area contributed by atoms with Crippen molar-refractivity contribution in [3.8, 4) is 0 Å². The Morgan fingerprint density at radius 1 is 1.17 bits per heavy atom. The minimum Gasteiger partial charge on any atom is -0.480 e. The Balaban J connectivity index is 1.98. The standard InChI is InChI=1S/C13H22N2O3/c1-15(10-6-2-3-7-10)12(18)14-13(11(16)17)8-4-5-9-13/h10H,2-9H2,1H3,(H,14,18)(H,16,17). The second-order valence-corrected chi connectivity index (χ2v) is 5.57. The number of rotatable bonds is 3. The van der Waals surface area contributed by atoms with Gasteiger partial charge in [0.1, 0.15) is 5.54 Å². The predicted molar refractivity (Wildman–Crippen MR) is 67.4 cm³/mol. The summed E-state index contributed by atoms with van der Waals surface area (Å²) in [5, 5.41) is 12.1. The molecule has 0 unspecified atom stereocenters. The maximum absolute atomic E-state index is 12.1. The Bertz CT molecular complexity index is 331. The molecule has 0 atom stereocenters. The molecule has 0 aromatic rings. The van der Waals surface area contributed by atoms with Gasteiger partial charge in [-0.2, -0.15) is 0 Å². The van der Waals surface area contributed by atoms with Crippen LogP contribution in [0.2, 0.25) is 0 Å². The smallest absolute Gasteiger partial charge is 0.329 e. The first-order valence-corrected chi connectivity index (χ1v) is 6.83. The number of amides is 2. The quantitative estimate of drug-likeness (QED) is 0.809. The first-order chi connectivity index (χ1) is 8.55. The van der Waals surface area contributed by atoms with E-state index < -0.39 is 11.5 Å². The highest BCUT2D eigenvalue weighted by atomic mass is 16.4. The minimum atomic E-state index is -1.02. The third-order valence-corrected chi connectivity index (χ3v) is 4.41. The number of hydrogen-bond acceptors (Lipinski definition) is 2. The van der Waals surface area contributed by atoms with Crippen molar-refractivity contribution in [3.63, 3.8) is 0 Å². The molecule has 2 aliphatic rings. The summed E-state index contributed by atoms with van der Waals surface area (Å²) in [6.45, 7) is 0. The van der Waals surface area contributed by atoms with E-state index in [0.717, 1.165) is 38.5 Å². The van der Waals surface area contributed by atoms with Crippen LogP contribution in [-0.4, -0.2) is 40.6 Å². The molecular weight excluding hydrogens is 232 g/mol. The number of carboxylic acids is 1. The SMILES string of the molecule is CN(C(=O)NC1(C(=O)O)CCCC1)C1CCCC1. The van der Waals surface area contributed by atoms with E-state index >= 15 is 0 Å². The fraction of sp³-hybridized carbons (Fsp3) is 0.846. The van der Waals surface area contributed by atoms with Crippen molar-refractivity contribution in [2.75, 3.05) is 7.05 Å². The lowest BCUT2D eigenvalue weighted by Gasteiger charge is -2.31. The lowest BCUT2D eigenvalue weighted by atomic mass is 9.98. The van der Waals surface area contributed by atoms with Gasteiger partial charge in [0, 0.05) is 13.1 Å². The molecule has 2 fully saturated rings. The summed E-state index contributed by atoms with van der Waals surface area (Å²) < 4.78 is 0. The maximum atomic E-state index is 12.1. The van der Waals surface area contributed by atoms with Crippen LogP contribution in [0.3, 0.4) is 0 Å². The fourth-order valence-electron chi connectivity index (χ4n) is 3.12. The maximum Gasteiger partial charge on any atom is 0.329 e. The van der Waals surface area contributed by atoms with Crippen LogP contribution in [0.1, 0.15) is 51.4 Å². The van der Waals surface area contributed by atoms with Crippen molar-refractivity contribution in [1.82, 2.24) is 10.2 Å². The first-order valence-electron chi connectivity index (χ1n) is 6.83. The van der Waals surface area contributed by atoms with Gasteiger partial charge in [-0.05, 0) is 25.7 Å². The van der Waals surface area contributed by atoms with Crippen LogP contribution in [-0.2, 0) is 4.79 Å². The van der Waals surface area contributed by atoms with Crippen molar-refractivity contribution < 1.29 is 14.7 Å². The molecule has 2 saturated carbocycles. The Kier molecular flexibility index (Phi) is 3.78. The third kappa shape index (κ3) is 2.44. The largest absolute Gasteiger partial charge is 0.480 e. The molecule has 2 rings (SSSR count). The van der Waals surface area contributed by atoms with Gasteiger partial charge >= 0.3 is 12.0 Å². The second kappa shape index (κ2) is 5.16. The van der Waals surface area contributed by atoms with Crippen LogP contribution < -0.4 is 5.32 Å². The molecule has 0 bridgehead atoms. The highest BCUT2D eigenvalue weighted by Gasteiger charge is 2.43. The molecule has 2 aliphatic carbocycles. The molecule has 2 amide bonds. The molecule has 0 radical (unpaired) electrons. The average Bonchev–Trinajstić information content (AvgIpc) is 2.99. The molecule has 0 aliphatic heterocycles. The van der Waals surface area contributed by atoms with Crippen molar-refractivity contribution in [1.29, 1.82) is 0 Å². The van der Waals surface area contributed by atoms with Gasteiger partial charge < -0.3 is 15.3 Å². The van der Waals surface area contributed by atoms with Gasteiger partial charge in [-0.15, -0.1) is 0 Å². The summed E-state index contributed by atoms with van der Waals surface area (Å²) in [6, 6.07) is 0.0449. The average molecular weight is 254 g/mol. The van der Waals surface area contributed by atoms with Crippen molar-refractivity contribution >= 4 is 12.0 Å². The number of carbonyl (C=O) groups is 2. The van der Waals surface area contributed by atoms with E-state index in [-0.39, 0.29) is 12.1 Å². The Labute approximate surface area is 108 Å². The summed E-state index contributed by atoms with van der Waals surface area (Å²) in [5.74, 6) is -0.895. The number of carboxylic acid groups (broad SMARTS) is 1.